The molecule has 0 aliphatic heterocycles. The van der Waals surface area contributed by atoms with Crippen molar-refractivity contribution in [2.24, 2.45) is 5.92 Å². The minimum absolute atomic E-state index is 0.249. The standard InChI is InChI=1S/C10H22N2O3S/c1-5-6-11-10(13)9(7-8(2)3)12-16(4,14)15/h8-9,12H,5-7H2,1-4H3,(H,11,13). The van der Waals surface area contributed by atoms with E-state index < -0.39 is 16.1 Å². The Morgan fingerprint density at radius 2 is 1.88 bits per heavy atom. The Hall–Kier alpha value is -0.620. The molecule has 2 N–H and O–H groups in total. The summed E-state index contributed by atoms with van der Waals surface area (Å²) in [5.41, 5.74) is 0. The molecule has 1 atom stereocenters. The molecule has 6 heteroatoms. The molecule has 0 heterocycles. The monoisotopic (exact) mass is 250 g/mol. The number of amides is 1. The third-order valence-corrected chi connectivity index (χ3v) is 2.64. The third kappa shape index (κ3) is 7.64. The first-order valence-electron chi connectivity index (χ1n) is 5.51. The Morgan fingerprint density at radius 3 is 2.25 bits per heavy atom. The van der Waals surface area contributed by atoms with Crippen molar-refractivity contribution < 1.29 is 13.2 Å². The number of nitrogens with one attached hydrogen (secondary N) is 2. The van der Waals surface area contributed by atoms with Gasteiger partial charge in [-0.25, -0.2) is 13.1 Å². The summed E-state index contributed by atoms with van der Waals surface area (Å²) < 4.78 is 24.6. The number of hydrogen-bond donors (Lipinski definition) is 2. The zero-order valence-corrected chi connectivity index (χ0v) is 11.2. The SMILES string of the molecule is CCCNC(=O)C(CC(C)C)NS(C)(=O)=O. The Kier molecular flexibility index (Phi) is 6.59. The van der Waals surface area contributed by atoms with Crippen LogP contribution in [0.4, 0.5) is 0 Å². The second-order valence-electron chi connectivity index (χ2n) is 4.36. The Bertz CT molecular complexity index is 312. The van der Waals surface area contributed by atoms with E-state index in [4.69, 9.17) is 0 Å². The van der Waals surface area contributed by atoms with Crippen LogP contribution in [0.2, 0.25) is 0 Å². The molecular formula is C10H22N2O3S. The van der Waals surface area contributed by atoms with Gasteiger partial charge in [0.15, 0.2) is 0 Å². The summed E-state index contributed by atoms with van der Waals surface area (Å²) in [5, 5.41) is 2.69. The minimum atomic E-state index is -3.35. The first-order chi connectivity index (χ1) is 7.26. The fourth-order valence-electron chi connectivity index (χ4n) is 1.31. The highest BCUT2D eigenvalue weighted by Crippen LogP contribution is 2.05. The molecule has 0 aliphatic carbocycles. The Labute approximate surface area is 98.0 Å². The molecule has 96 valence electrons. The molecule has 0 aliphatic rings. The van der Waals surface area contributed by atoms with Crippen molar-refractivity contribution in [1.29, 1.82) is 0 Å². The molecule has 0 aromatic rings. The first kappa shape index (κ1) is 15.4. The van der Waals surface area contributed by atoms with Crippen LogP contribution < -0.4 is 10.0 Å². The quantitative estimate of drug-likeness (QED) is 0.690. The van der Waals surface area contributed by atoms with Gasteiger partial charge in [-0.15, -0.1) is 0 Å². The highest BCUT2D eigenvalue weighted by atomic mass is 32.2. The second kappa shape index (κ2) is 6.85. The van der Waals surface area contributed by atoms with Gasteiger partial charge in [-0.05, 0) is 18.8 Å². The van der Waals surface area contributed by atoms with Gasteiger partial charge >= 0.3 is 0 Å². The summed E-state index contributed by atoms with van der Waals surface area (Å²) in [6.45, 7) is 6.41. The minimum Gasteiger partial charge on any atom is -0.355 e. The van der Waals surface area contributed by atoms with Gasteiger partial charge in [-0.2, -0.15) is 0 Å². The van der Waals surface area contributed by atoms with E-state index >= 15 is 0 Å². The van der Waals surface area contributed by atoms with Crippen LogP contribution in [-0.4, -0.2) is 33.2 Å². The number of carbonyl (C=O) groups is 1. The second-order valence-corrected chi connectivity index (χ2v) is 6.14. The van der Waals surface area contributed by atoms with E-state index in [2.05, 4.69) is 10.0 Å². The van der Waals surface area contributed by atoms with Gasteiger partial charge in [0.2, 0.25) is 15.9 Å². The molecule has 0 radical (unpaired) electrons. The van der Waals surface area contributed by atoms with Gasteiger partial charge in [0.05, 0.1) is 6.26 Å². The van der Waals surface area contributed by atoms with Gasteiger partial charge in [0.25, 0.3) is 0 Å². The van der Waals surface area contributed by atoms with E-state index in [1.807, 2.05) is 20.8 Å². The molecule has 1 unspecified atom stereocenters. The van der Waals surface area contributed by atoms with E-state index in [-0.39, 0.29) is 11.8 Å². The summed E-state index contributed by atoms with van der Waals surface area (Å²) >= 11 is 0. The fourth-order valence-corrected chi connectivity index (χ4v) is 2.03. The molecule has 0 spiro atoms. The maximum atomic E-state index is 11.7. The van der Waals surface area contributed by atoms with Crippen LogP contribution in [0.3, 0.4) is 0 Å². The molecular weight excluding hydrogens is 228 g/mol. The van der Waals surface area contributed by atoms with Crippen molar-refractivity contribution in [2.45, 2.75) is 39.7 Å². The van der Waals surface area contributed by atoms with Crippen LogP contribution in [0.25, 0.3) is 0 Å². The van der Waals surface area contributed by atoms with Crippen molar-refractivity contribution in [3.05, 3.63) is 0 Å². The highest BCUT2D eigenvalue weighted by molar-refractivity contribution is 7.88. The summed E-state index contributed by atoms with van der Waals surface area (Å²) in [6.07, 6.45) is 2.40. The molecule has 0 fully saturated rings. The van der Waals surface area contributed by atoms with Crippen LogP contribution in [-0.2, 0) is 14.8 Å². The molecule has 5 nitrogen and oxygen atoms in total. The van der Waals surface area contributed by atoms with E-state index in [9.17, 15) is 13.2 Å². The van der Waals surface area contributed by atoms with Crippen LogP contribution >= 0.6 is 0 Å². The predicted octanol–water partition coefficient (Wildman–Crippen LogP) is 0.477. The van der Waals surface area contributed by atoms with Crippen LogP contribution in [0, 0.1) is 5.92 Å². The van der Waals surface area contributed by atoms with Crippen molar-refractivity contribution in [3.63, 3.8) is 0 Å². The predicted molar refractivity (Wildman–Crippen MR) is 64.5 cm³/mol. The average Bonchev–Trinajstić information content (AvgIpc) is 2.10. The zero-order chi connectivity index (χ0) is 12.8. The molecule has 0 bridgehead atoms. The summed E-state index contributed by atoms with van der Waals surface area (Å²) in [6, 6.07) is -0.665. The maximum absolute atomic E-state index is 11.7. The first-order valence-corrected chi connectivity index (χ1v) is 7.40. The fraction of sp³-hybridized carbons (Fsp3) is 0.900. The van der Waals surface area contributed by atoms with E-state index in [0.29, 0.717) is 13.0 Å². The van der Waals surface area contributed by atoms with Gasteiger partial charge in [-0.3, -0.25) is 4.79 Å². The lowest BCUT2D eigenvalue weighted by molar-refractivity contribution is -0.123. The number of carbonyl (C=O) groups excluding carboxylic acids is 1. The molecule has 0 aromatic carbocycles. The van der Waals surface area contributed by atoms with E-state index in [1.54, 1.807) is 0 Å². The zero-order valence-electron chi connectivity index (χ0n) is 10.4. The summed E-state index contributed by atoms with van der Waals surface area (Å²) in [4.78, 5) is 11.7. The van der Waals surface area contributed by atoms with E-state index in [1.165, 1.54) is 0 Å². The van der Waals surface area contributed by atoms with Gasteiger partial charge in [0.1, 0.15) is 6.04 Å². The van der Waals surface area contributed by atoms with Crippen LogP contribution in [0.5, 0.6) is 0 Å². The topological polar surface area (TPSA) is 75.3 Å². The molecule has 16 heavy (non-hydrogen) atoms. The lowest BCUT2D eigenvalue weighted by atomic mass is 10.0. The molecule has 0 saturated heterocycles. The van der Waals surface area contributed by atoms with E-state index in [0.717, 1.165) is 12.7 Å². The third-order valence-electron chi connectivity index (χ3n) is 1.93. The van der Waals surface area contributed by atoms with Crippen molar-refractivity contribution in [2.75, 3.05) is 12.8 Å². The molecule has 0 aromatic heterocycles. The van der Waals surface area contributed by atoms with Gasteiger partial charge in [0, 0.05) is 6.54 Å². The van der Waals surface area contributed by atoms with Crippen LogP contribution in [0.1, 0.15) is 33.6 Å². The van der Waals surface area contributed by atoms with Gasteiger partial charge in [-0.1, -0.05) is 20.8 Å². The normalized spacial score (nSPS) is 13.8. The van der Waals surface area contributed by atoms with Crippen molar-refractivity contribution in [3.8, 4) is 0 Å². The Morgan fingerprint density at radius 1 is 1.31 bits per heavy atom. The molecule has 0 saturated carbocycles. The number of rotatable bonds is 7. The summed E-state index contributed by atoms with van der Waals surface area (Å²) in [7, 11) is -3.35. The number of sulfonamides is 1. The lowest BCUT2D eigenvalue weighted by Gasteiger charge is -2.18. The molecule has 1 amide bonds. The van der Waals surface area contributed by atoms with Crippen molar-refractivity contribution in [1.82, 2.24) is 10.0 Å². The largest absolute Gasteiger partial charge is 0.355 e. The summed E-state index contributed by atoms with van der Waals surface area (Å²) in [5.74, 6) is 0.00704. The molecule has 0 rings (SSSR count). The lowest BCUT2D eigenvalue weighted by Crippen LogP contribution is -2.47. The Balaban J connectivity index is 4.47. The van der Waals surface area contributed by atoms with Crippen molar-refractivity contribution >= 4 is 15.9 Å². The van der Waals surface area contributed by atoms with Gasteiger partial charge < -0.3 is 5.32 Å². The maximum Gasteiger partial charge on any atom is 0.238 e. The average molecular weight is 250 g/mol. The number of hydrogen-bond acceptors (Lipinski definition) is 3. The smallest absolute Gasteiger partial charge is 0.238 e. The highest BCUT2D eigenvalue weighted by Gasteiger charge is 2.22. The van der Waals surface area contributed by atoms with Crippen LogP contribution in [0.15, 0.2) is 0 Å².